The van der Waals surface area contributed by atoms with E-state index in [-0.39, 0.29) is 21.7 Å². The third-order valence-corrected chi connectivity index (χ3v) is 10.6. The van der Waals surface area contributed by atoms with E-state index in [4.69, 9.17) is 13.6 Å². The van der Waals surface area contributed by atoms with E-state index in [0.29, 0.717) is 6.61 Å². The Labute approximate surface area is 247 Å². The normalized spacial score (nSPS) is 16.4. The van der Waals surface area contributed by atoms with Crippen molar-refractivity contribution in [2.45, 2.75) is 144 Å². The molecular formula is C36H59O3P. The van der Waals surface area contributed by atoms with E-state index >= 15 is 0 Å². The molecule has 0 atom stereocenters. The van der Waals surface area contributed by atoms with E-state index < -0.39 is 7.94 Å². The quantitative estimate of drug-likeness (QED) is 0.245. The van der Waals surface area contributed by atoms with Crippen LogP contribution in [0.2, 0.25) is 0 Å². The maximum absolute atomic E-state index is 7.20. The van der Waals surface area contributed by atoms with Crippen molar-refractivity contribution in [2.75, 3.05) is 12.8 Å². The van der Waals surface area contributed by atoms with Crippen molar-refractivity contribution < 1.29 is 13.6 Å². The Kier molecular flexibility index (Phi) is 9.55. The van der Waals surface area contributed by atoms with E-state index in [9.17, 15) is 0 Å². The van der Waals surface area contributed by atoms with Crippen LogP contribution in [0.5, 0.6) is 11.5 Å². The molecule has 3 nitrogen and oxygen atoms in total. The molecule has 1 heterocycles. The molecule has 3 rings (SSSR count). The Balaban J connectivity index is 2.45. The van der Waals surface area contributed by atoms with Gasteiger partial charge in [0.1, 0.15) is 0 Å². The van der Waals surface area contributed by atoms with Crippen molar-refractivity contribution in [3.8, 4) is 22.6 Å². The second kappa shape index (κ2) is 11.6. The topological polar surface area (TPSA) is 27.7 Å². The first-order valence-corrected chi connectivity index (χ1v) is 17.6. The minimum absolute atomic E-state index is 0.00804. The molecule has 2 aromatic rings. The molecule has 4 heteroatoms. The Morgan fingerprint density at radius 3 is 1.32 bits per heavy atom. The number of unbranched alkanes of at least 4 members (excludes halogenated alkanes) is 3. The van der Waals surface area contributed by atoms with Gasteiger partial charge in [0, 0.05) is 0 Å². The zero-order valence-electron chi connectivity index (χ0n) is 28.3. The first kappa shape index (κ1) is 32.9. The summed E-state index contributed by atoms with van der Waals surface area (Å²) in [6.07, 6.45) is 5.35. The van der Waals surface area contributed by atoms with Crippen LogP contribution in [0.15, 0.2) is 24.3 Å². The molecule has 0 bridgehead atoms. The van der Waals surface area contributed by atoms with Crippen LogP contribution in [-0.4, -0.2) is 12.8 Å². The minimum atomic E-state index is -3.12. The molecule has 226 valence electrons. The Morgan fingerprint density at radius 2 is 1.00 bits per heavy atom. The first-order chi connectivity index (χ1) is 18.2. The van der Waals surface area contributed by atoms with Gasteiger partial charge >= 0.3 is 248 Å². The molecule has 2 aromatic carbocycles. The summed E-state index contributed by atoms with van der Waals surface area (Å²) in [7, 11) is -3.12. The Bertz CT molecular complexity index is 1100. The zero-order chi connectivity index (χ0) is 30.3. The average molecular weight is 571 g/mol. The molecule has 0 unspecified atom stereocenters. The zero-order valence-corrected chi connectivity index (χ0v) is 29.3. The number of rotatable bonds is 7. The predicted octanol–water partition coefficient (Wildman–Crippen LogP) is 11.4. The van der Waals surface area contributed by atoms with Crippen molar-refractivity contribution in [2.24, 2.45) is 0 Å². The van der Waals surface area contributed by atoms with Gasteiger partial charge in [0.25, 0.3) is 0 Å². The van der Waals surface area contributed by atoms with Crippen LogP contribution in [0.4, 0.5) is 0 Å². The molecule has 0 fully saturated rings. The van der Waals surface area contributed by atoms with Crippen LogP contribution in [0, 0.1) is 0 Å². The average Bonchev–Trinajstić information content (AvgIpc) is 2.94. The first-order valence-electron chi connectivity index (χ1n) is 15.6. The van der Waals surface area contributed by atoms with Crippen LogP contribution in [0.3, 0.4) is 0 Å². The fraction of sp³-hybridized carbons (Fsp3) is 0.667. The second-order valence-electron chi connectivity index (χ2n) is 16.0. The maximum atomic E-state index is 7.20. The van der Waals surface area contributed by atoms with Gasteiger partial charge in [0.2, 0.25) is 0 Å². The molecule has 0 spiro atoms. The van der Waals surface area contributed by atoms with Gasteiger partial charge in [-0.15, -0.1) is 0 Å². The standard InChI is InChI=1S/C36H59O3P/c1-15-17-18-19-20-37-40(16-2)38-31-27(21-25(33(3,4)5)23-29(31)35(9,10)11)28-22-26(34(6,7)8)24-30(32(28)39-40)36(12,13)14/h21-24,40H,15-20H2,1-14H3. The number of hydrogen-bond donors (Lipinski definition) is 0. The number of hydrogen-bond acceptors (Lipinski definition) is 3. The summed E-state index contributed by atoms with van der Waals surface area (Å²) >= 11 is 0. The Morgan fingerprint density at radius 1 is 0.575 bits per heavy atom. The number of fused-ring (bicyclic) bond motifs is 3. The summed E-state index contributed by atoms with van der Waals surface area (Å²) in [5.74, 6) is 1.90. The van der Waals surface area contributed by atoms with Gasteiger partial charge in [-0.3, -0.25) is 0 Å². The summed E-state index contributed by atoms with van der Waals surface area (Å²) in [6, 6.07) is 9.48. The van der Waals surface area contributed by atoms with Crippen LogP contribution in [0.1, 0.15) is 145 Å². The van der Waals surface area contributed by atoms with Crippen molar-refractivity contribution in [3.05, 3.63) is 46.5 Å². The molecule has 0 N–H and O–H groups in total. The van der Waals surface area contributed by atoms with Gasteiger partial charge in [-0.25, -0.2) is 0 Å². The molecular weight excluding hydrogens is 511 g/mol. The summed E-state index contributed by atoms with van der Waals surface area (Å²) < 4.78 is 21.2. The monoisotopic (exact) mass is 570 g/mol. The van der Waals surface area contributed by atoms with Crippen LogP contribution < -0.4 is 9.05 Å². The third-order valence-electron chi connectivity index (χ3n) is 8.08. The molecule has 0 amide bonds. The molecule has 0 radical (unpaired) electrons. The van der Waals surface area contributed by atoms with Crippen LogP contribution in [0.25, 0.3) is 11.1 Å². The van der Waals surface area contributed by atoms with Gasteiger partial charge in [-0.2, -0.15) is 0 Å². The third kappa shape index (κ3) is 7.25. The summed E-state index contributed by atoms with van der Waals surface area (Å²) in [4.78, 5) is 0. The van der Waals surface area contributed by atoms with Crippen molar-refractivity contribution in [1.82, 2.24) is 0 Å². The van der Waals surface area contributed by atoms with E-state index in [2.05, 4.69) is 121 Å². The summed E-state index contributed by atoms with van der Waals surface area (Å²) in [5.41, 5.74) is 7.12. The molecule has 1 aliphatic rings. The van der Waals surface area contributed by atoms with Crippen LogP contribution in [-0.2, 0) is 26.2 Å². The Hall–Kier alpha value is -1.57. The molecule has 0 aliphatic carbocycles. The summed E-state index contributed by atoms with van der Waals surface area (Å²) in [6.45, 7) is 32.6. The molecule has 0 aromatic heterocycles. The van der Waals surface area contributed by atoms with E-state index in [1.807, 2.05) is 0 Å². The molecule has 0 saturated carbocycles. The van der Waals surface area contributed by atoms with E-state index in [1.54, 1.807) is 0 Å². The molecule has 1 aliphatic heterocycles. The van der Waals surface area contributed by atoms with Gasteiger partial charge in [0.05, 0.1) is 0 Å². The fourth-order valence-electron chi connectivity index (χ4n) is 5.25. The van der Waals surface area contributed by atoms with Gasteiger partial charge in [-0.1, -0.05) is 0 Å². The fourth-order valence-corrected chi connectivity index (χ4v) is 7.42. The molecule has 40 heavy (non-hydrogen) atoms. The van der Waals surface area contributed by atoms with Gasteiger partial charge in [0.15, 0.2) is 0 Å². The predicted molar refractivity (Wildman–Crippen MR) is 177 cm³/mol. The van der Waals surface area contributed by atoms with Gasteiger partial charge < -0.3 is 0 Å². The molecule has 0 saturated heterocycles. The van der Waals surface area contributed by atoms with Crippen molar-refractivity contribution >= 4 is 7.94 Å². The van der Waals surface area contributed by atoms with Gasteiger partial charge in [-0.05, 0) is 0 Å². The van der Waals surface area contributed by atoms with Crippen molar-refractivity contribution in [1.29, 1.82) is 0 Å². The second-order valence-corrected chi connectivity index (χ2v) is 18.7. The van der Waals surface area contributed by atoms with E-state index in [1.165, 1.54) is 41.5 Å². The summed E-state index contributed by atoms with van der Waals surface area (Å²) in [5, 5.41) is 0. The van der Waals surface area contributed by atoms with Crippen LogP contribution >= 0.6 is 7.94 Å². The van der Waals surface area contributed by atoms with Crippen molar-refractivity contribution in [3.63, 3.8) is 0 Å². The SMILES string of the molecule is CCCCCCO[PH]1(CC)Oc2c(cc(C(C)(C)C)cc2C(C)(C)C)-c2cc(C(C)(C)C)cc(C(C)(C)C)c2O1. The number of benzene rings is 2. The van der Waals surface area contributed by atoms with E-state index in [0.717, 1.165) is 35.2 Å².